The predicted molar refractivity (Wildman–Crippen MR) is 126 cm³/mol. The number of benzene rings is 3. The second-order valence-corrected chi connectivity index (χ2v) is 7.98. The number of morpholine rings is 1. The third-order valence-corrected chi connectivity index (χ3v) is 5.92. The first-order valence-corrected chi connectivity index (χ1v) is 11.1. The van der Waals surface area contributed by atoms with Crippen LogP contribution in [0.3, 0.4) is 0 Å². The maximum absolute atomic E-state index is 6.26. The van der Waals surface area contributed by atoms with E-state index in [1.54, 1.807) is 0 Å². The molecule has 1 N–H and O–H groups in total. The largest absolute Gasteiger partial charge is 0.492 e. The Hall–Kier alpha value is -2.86. The molecule has 1 aliphatic rings. The molecule has 5 heteroatoms. The molecule has 3 aromatic carbocycles. The Labute approximate surface area is 183 Å². The van der Waals surface area contributed by atoms with Gasteiger partial charge in [-0.25, -0.2) is 0 Å². The highest BCUT2D eigenvalue weighted by Crippen LogP contribution is 2.36. The molecule has 0 saturated carbocycles. The zero-order valence-corrected chi connectivity index (χ0v) is 17.8. The van der Waals surface area contributed by atoms with E-state index in [9.17, 15) is 0 Å². The van der Waals surface area contributed by atoms with Crippen molar-refractivity contribution in [2.24, 2.45) is 0 Å². The Morgan fingerprint density at radius 3 is 2.48 bits per heavy atom. The number of aromatic nitrogens is 1. The van der Waals surface area contributed by atoms with Crippen LogP contribution in [-0.2, 0) is 11.3 Å². The van der Waals surface area contributed by atoms with Gasteiger partial charge in [-0.15, -0.1) is 0 Å². The van der Waals surface area contributed by atoms with Crippen LogP contribution < -0.4 is 10.1 Å². The zero-order valence-electron chi connectivity index (χ0n) is 17.8. The Morgan fingerprint density at radius 2 is 1.61 bits per heavy atom. The van der Waals surface area contributed by atoms with Gasteiger partial charge in [0.25, 0.3) is 0 Å². The molecular formula is C26H29N3O2. The van der Waals surface area contributed by atoms with Crippen LogP contribution in [0.5, 0.6) is 5.75 Å². The fourth-order valence-electron chi connectivity index (χ4n) is 4.35. The van der Waals surface area contributed by atoms with E-state index in [-0.39, 0.29) is 0 Å². The van der Waals surface area contributed by atoms with E-state index in [0.29, 0.717) is 6.61 Å². The summed E-state index contributed by atoms with van der Waals surface area (Å²) in [5.74, 6) is 0.952. The van der Waals surface area contributed by atoms with Gasteiger partial charge in [-0.1, -0.05) is 54.6 Å². The molecule has 0 atom stereocenters. The van der Waals surface area contributed by atoms with Gasteiger partial charge in [0, 0.05) is 49.1 Å². The molecule has 5 rings (SSSR count). The summed E-state index contributed by atoms with van der Waals surface area (Å²) >= 11 is 0. The summed E-state index contributed by atoms with van der Waals surface area (Å²) in [4.78, 5) is 2.38. The van der Waals surface area contributed by atoms with Gasteiger partial charge in [0.15, 0.2) is 0 Å². The van der Waals surface area contributed by atoms with Gasteiger partial charge < -0.3 is 19.4 Å². The SMILES string of the molecule is c1ccc(Cn2c3ccccc3c3c(OCCNCN4CCOCC4)cccc32)cc1. The predicted octanol–water partition coefficient (Wildman–Crippen LogP) is 4.10. The van der Waals surface area contributed by atoms with E-state index >= 15 is 0 Å². The van der Waals surface area contributed by atoms with Crippen molar-refractivity contribution < 1.29 is 9.47 Å². The summed E-state index contributed by atoms with van der Waals surface area (Å²) in [6, 6.07) is 25.6. The van der Waals surface area contributed by atoms with Crippen molar-refractivity contribution in [3.8, 4) is 5.75 Å². The summed E-state index contributed by atoms with van der Waals surface area (Å²) in [7, 11) is 0. The highest BCUT2D eigenvalue weighted by molar-refractivity contribution is 6.11. The zero-order chi connectivity index (χ0) is 20.9. The van der Waals surface area contributed by atoms with Gasteiger partial charge in [0.1, 0.15) is 12.4 Å². The van der Waals surface area contributed by atoms with Crippen LogP contribution in [0.25, 0.3) is 21.8 Å². The molecule has 1 saturated heterocycles. The lowest BCUT2D eigenvalue weighted by molar-refractivity contribution is 0.0338. The van der Waals surface area contributed by atoms with Crippen molar-refractivity contribution in [3.63, 3.8) is 0 Å². The molecule has 1 aromatic heterocycles. The lowest BCUT2D eigenvalue weighted by Gasteiger charge is -2.26. The van der Waals surface area contributed by atoms with E-state index in [4.69, 9.17) is 9.47 Å². The topological polar surface area (TPSA) is 38.7 Å². The number of nitrogens with one attached hydrogen (secondary N) is 1. The minimum Gasteiger partial charge on any atom is -0.492 e. The van der Waals surface area contributed by atoms with Gasteiger partial charge in [-0.3, -0.25) is 4.90 Å². The minimum absolute atomic E-state index is 0.641. The number of para-hydroxylation sites is 1. The molecule has 0 radical (unpaired) electrons. The van der Waals surface area contributed by atoms with Crippen molar-refractivity contribution in [2.45, 2.75) is 6.54 Å². The molecule has 0 spiro atoms. The van der Waals surface area contributed by atoms with Crippen molar-refractivity contribution in [2.75, 3.05) is 46.1 Å². The maximum Gasteiger partial charge on any atom is 0.129 e. The third kappa shape index (κ3) is 4.44. The van der Waals surface area contributed by atoms with E-state index in [2.05, 4.69) is 87.6 Å². The van der Waals surface area contributed by atoms with Gasteiger partial charge in [0.2, 0.25) is 0 Å². The van der Waals surface area contributed by atoms with Crippen molar-refractivity contribution in [1.82, 2.24) is 14.8 Å². The molecule has 5 nitrogen and oxygen atoms in total. The van der Waals surface area contributed by atoms with Crippen LogP contribution in [0.1, 0.15) is 5.56 Å². The van der Waals surface area contributed by atoms with Crippen LogP contribution in [0.15, 0.2) is 72.8 Å². The number of fused-ring (bicyclic) bond motifs is 3. The Morgan fingerprint density at radius 1 is 0.839 bits per heavy atom. The number of rotatable bonds is 8. The lowest BCUT2D eigenvalue weighted by Crippen LogP contribution is -2.42. The standard InChI is InChI=1S/C26H29N3O2/c1-2-7-21(8-3-1)19-29-23-10-5-4-9-22(23)26-24(29)11-6-12-25(26)31-16-13-27-20-28-14-17-30-18-15-28/h1-12,27H,13-20H2. The van der Waals surface area contributed by atoms with Gasteiger partial charge >= 0.3 is 0 Å². The van der Waals surface area contributed by atoms with Gasteiger partial charge in [-0.2, -0.15) is 0 Å². The molecule has 2 heterocycles. The fourth-order valence-corrected chi connectivity index (χ4v) is 4.35. The summed E-state index contributed by atoms with van der Waals surface area (Å²) in [6.45, 7) is 6.82. The minimum atomic E-state index is 0.641. The number of hydrogen-bond donors (Lipinski definition) is 1. The van der Waals surface area contributed by atoms with Crippen LogP contribution in [0.2, 0.25) is 0 Å². The highest BCUT2D eigenvalue weighted by atomic mass is 16.5. The first-order chi connectivity index (χ1) is 15.4. The molecule has 0 aliphatic carbocycles. The molecule has 4 aromatic rings. The quantitative estimate of drug-likeness (QED) is 0.440. The van der Waals surface area contributed by atoms with Crippen molar-refractivity contribution >= 4 is 21.8 Å². The Kier molecular flexibility index (Phi) is 6.16. The number of nitrogens with zero attached hydrogens (tertiary/aromatic N) is 2. The molecular weight excluding hydrogens is 386 g/mol. The molecule has 1 aliphatic heterocycles. The average Bonchev–Trinajstić information content (AvgIpc) is 3.15. The van der Waals surface area contributed by atoms with E-state index in [0.717, 1.165) is 51.8 Å². The first-order valence-electron chi connectivity index (χ1n) is 11.1. The second-order valence-electron chi connectivity index (χ2n) is 7.98. The average molecular weight is 416 g/mol. The van der Waals surface area contributed by atoms with Gasteiger partial charge in [0.05, 0.1) is 18.7 Å². The number of ether oxygens (including phenoxy) is 2. The van der Waals surface area contributed by atoms with E-state index in [1.807, 2.05) is 0 Å². The van der Waals surface area contributed by atoms with Gasteiger partial charge in [-0.05, 0) is 23.8 Å². The van der Waals surface area contributed by atoms with E-state index in [1.165, 1.54) is 27.4 Å². The number of hydrogen-bond acceptors (Lipinski definition) is 4. The molecule has 160 valence electrons. The summed E-state index contributed by atoms with van der Waals surface area (Å²) in [5, 5.41) is 5.93. The van der Waals surface area contributed by atoms with Crippen LogP contribution in [-0.4, -0.2) is 55.6 Å². The second kappa shape index (κ2) is 9.52. The first kappa shape index (κ1) is 20.1. The molecule has 0 bridgehead atoms. The molecule has 1 fully saturated rings. The monoisotopic (exact) mass is 415 g/mol. The molecule has 31 heavy (non-hydrogen) atoms. The fraction of sp³-hybridized carbons (Fsp3) is 0.308. The normalized spacial score (nSPS) is 15.0. The highest BCUT2D eigenvalue weighted by Gasteiger charge is 2.15. The summed E-state index contributed by atoms with van der Waals surface area (Å²) in [5.41, 5.74) is 3.75. The maximum atomic E-state index is 6.26. The van der Waals surface area contributed by atoms with Crippen LogP contribution in [0.4, 0.5) is 0 Å². The third-order valence-electron chi connectivity index (χ3n) is 5.92. The summed E-state index contributed by atoms with van der Waals surface area (Å²) in [6.07, 6.45) is 0. The van der Waals surface area contributed by atoms with Crippen molar-refractivity contribution in [1.29, 1.82) is 0 Å². The smallest absolute Gasteiger partial charge is 0.129 e. The Bertz CT molecular complexity index is 1130. The van der Waals surface area contributed by atoms with Crippen LogP contribution >= 0.6 is 0 Å². The van der Waals surface area contributed by atoms with Crippen LogP contribution in [0, 0.1) is 0 Å². The van der Waals surface area contributed by atoms with Crippen molar-refractivity contribution in [3.05, 3.63) is 78.4 Å². The molecule has 0 unspecified atom stereocenters. The lowest BCUT2D eigenvalue weighted by atomic mass is 10.1. The summed E-state index contributed by atoms with van der Waals surface area (Å²) < 4.78 is 14.1. The van der Waals surface area contributed by atoms with E-state index < -0.39 is 0 Å². The molecule has 0 amide bonds. The Balaban J connectivity index is 1.35.